The lowest BCUT2D eigenvalue weighted by molar-refractivity contribution is 0.446. The molecule has 0 spiro atoms. The van der Waals surface area contributed by atoms with Crippen LogP contribution in [0, 0.1) is 0 Å². The third-order valence-corrected chi connectivity index (χ3v) is 3.76. The number of hydrogen-bond acceptors (Lipinski definition) is 2. The second kappa shape index (κ2) is 10.3. The van der Waals surface area contributed by atoms with E-state index in [1.165, 1.54) is 38.5 Å². The van der Waals surface area contributed by atoms with E-state index in [0.717, 1.165) is 5.75 Å². The summed E-state index contributed by atoms with van der Waals surface area (Å²) >= 11 is 0. The van der Waals surface area contributed by atoms with Crippen molar-refractivity contribution >= 4 is 10.8 Å². The van der Waals surface area contributed by atoms with Crippen molar-refractivity contribution in [2.24, 2.45) is 0 Å². The molecule has 0 rings (SSSR count). The molecule has 3 atom stereocenters. The summed E-state index contributed by atoms with van der Waals surface area (Å²) in [4.78, 5) is 0. The van der Waals surface area contributed by atoms with Gasteiger partial charge in [0.1, 0.15) is 0 Å². The summed E-state index contributed by atoms with van der Waals surface area (Å²) in [5.41, 5.74) is 0. The van der Waals surface area contributed by atoms with Crippen LogP contribution in [0.3, 0.4) is 0 Å². The van der Waals surface area contributed by atoms with Crippen LogP contribution in [0.5, 0.6) is 0 Å². The van der Waals surface area contributed by atoms with Crippen LogP contribution < -0.4 is 5.32 Å². The zero-order valence-corrected chi connectivity index (χ0v) is 12.2. The summed E-state index contributed by atoms with van der Waals surface area (Å²) in [6.07, 6.45) is 9.74. The van der Waals surface area contributed by atoms with Crippen molar-refractivity contribution in [2.75, 3.05) is 12.0 Å². The Bertz CT molecular complexity index is 185. The van der Waals surface area contributed by atoms with Crippen molar-refractivity contribution in [3.8, 4) is 0 Å². The highest BCUT2D eigenvalue weighted by Crippen LogP contribution is 2.07. The number of hydrogen-bond donors (Lipinski definition) is 1. The van der Waals surface area contributed by atoms with Gasteiger partial charge in [0.2, 0.25) is 0 Å². The van der Waals surface area contributed by atoms with Crippen LogP contribution in [-0.4, -0.2) is 28.3 Å². The fraction of sp³-hybridized carbons (Fsp3) is 1.00. The van der Waals surface area contributed by atoms with Crippen molar-refractivity contribution in [1.82, 2.24) is 5.32 Å². The van der Waals surface area contributed by atoms with Gasteiger partial charge in [0.25, 0.3) is 0 Å². The third-order valence-electron chi connectivity index (χ3n) is 2.79. The molecule has 0 aliphatic rings. The maximum Gasteiger partial charge on any atom is 0.0383 e. The molecule has 0 fully saturated rings. The number of nitrogens with one attached hydrogen (secondary N) is 1. The molecule has 0 aromatic heterocycles. The third kappa shape index (κ3) is 10.6. The molecule has 0 aromatic rings. The fourth-order valence-electron chi connectivity index (χ4n) is 2.02. The molecule has 0 bridgehead atoms. The van der Waals surface area contributed by atoms with Gasteiger partial charge in [-0.15, -0.1) is 0 Å². The van der Waals surface area contributed by atoms with Crippen molar-refractivity contribution in [3.05, 3.63) is 0 Å². The molecule has 98 valence electrons. The summed E-state index contributed by atoms with van der Waals surface area (Å²) in [6, 6.07) is 0.927. The molecule has 3 heteroatoms. The maximum absolute atomic E-state index is 11.0. The minimum Gasteiger partial charge on any atom is -0.311 e. The van der Waals surface area contributed by atoms with Crippen molar-refractivity contribution in [2.45, 2.75) is 71.4 Å². The van der Waals surface area contributed by atoms with Crippen molar-refractivity contribution in [1.29, 1.82) is 0 Å². The van der Waals surface area contributed by atoms with Crippen LogP contribution in [0.1, 0.15) is 59.3 Å². The van der Waals surface area contributed by atoms with E-state index in [4.69, 9.17) is 0 Å². The summed E-state index contributed by atoms with van der Waals surface area (Å²) in [5.74, 6) is 0.764. The summed E-state index contributed by atoms with van der Waals surface area (Å²) in [7, 11) is -0.685. The monoisotopic (exact) mass is 247 g/mol. The van der Waals surface area contributed by atoms with Gasteiger partial charge < -0.3 is 5.32 Å². The van der Waals surface area contributed by atoms with Gasteiger partial charge in [-0.2, -0.15) is 0 Å². The number of unbranched alkanes of at least 4 members (excludes halogenated alkanes) is 4. The Hall–Kier alpha value is 0.110. The zero-order chi connectivity index (χ0) is 12.4. The van der Waals surface area contributed by atoms with Crippen LogP contribution in [0.15, 0.2) is 0 Å². The first kappa shape index (κ1) is 16.1. The molecule has 16 heavy (non-hydrogen) atoms. The van der Waals surface area contributed by atoms with Crippen LogP contribution in [0.25, 0.3) is 0 Å². The van der Waals surface area contributed by atoms with Crippen LogP contribution >= 0.6 is 0 Å². The first-order valence-electron chi connectivity index (χ1n) is 6.62. The first-order valence-corrected chi connectivity index (χ1v) is 8.35. The quantitative estimate of drug-likeness (QED) is 0.601. The second-order valence-corrected chi connectivity index (χ2v) is 6.39. The van der Waals surface area contributed by atoms with Crippen LogP contribution in [-0.2, 0) is 10.8 Å². The highest BCUT2D eigenvalue weighted by molar-refractivity contribution is 7.84. The molecule has 0 amide bonds. The maximum atomic E-state index is 11.0. The fourth-order valence-corrected chi connectivity index (χ4v) is 2.82. The van der Waals surface area contributed by atoms with E-state index >= 15 is 0 Å². The normalized spacial score (nSPS) is 17.0. The van der Waals surface area contributed by atoms with E-state index in [1.54, 1.807) is 6.26 Å². The van der Waals surface area contributed by atoms with Gasteiger partial charge >= 0.3 is 0 Å². The summed E-state index contributed by atoms with van der Waals surface area (Å²) in [6.45, 7) is 6.60. The second-order valence-electron chi connectivity index (χ2n) is 4.91. The topological polar surface area (TPSA) is 29.1 Å². The summed E-state index contributed by atoms with van der Waals surface area (Å²) < 4.78 is 11.0. The van der Waals surface area contributed by atoms with E-state index in [9.17, 15) is 4.21 Å². The average Bonchev–Trinajstić information content (AvgIpc) is 2.15. The van der Waals surface area contributed by atoms with E-state index in [1.807, 2.05) is 0 Å². The zero-order valence-electron chi connectivity index (χ0n) is 11.4. The minimum absolute atomic E-state index is 0.372. The lowest BCUT2D eigenvalue weighted by Crippen LogP contribution is -2.37. The van der Waals surface area contributed by atoms with Gasteiger partial charge in [-0.05, 0) is 20.3 Å². The van der Waals surface area contributed by atoms with Crippen LogP contribution in [0.4, 0.5) is 0 Å². The standard InChI is InChI=1S/C13H29NOS/c1-5-6-7-8-9-10-12(2)14-13(3)11-16(4)15/h12-14H,5-11H2,1-4H3. The lowest BCUT2D eigenvalue weighted by Gasteiger charge is -2.19. The predicted molar refractivity (Wildman–Crippen MR) is 74.4 cm³/mol. The highest BCUT2D eigenvalue weighted by atomic mass is 32.2. The van der Waals surface area contributed by atoms with Gasteiger partial charge in [0, 0.05) is 34.9 Å². The molecule has 0 aliphatic carbocycles. The largest absolute Gasteiger partial charge is 0.311 e. The average molecular weight is 247 g/mol. The number of rotatable bonds is 10. The molecule has 0 heterocycles. The Balaban J connectivity index is 3.42. The van der Waals surface area contributed by atoms with E-state index in [0.29, 0.717) is 12.1 Å². The molecular weight excluding hydrogens is 218 g/mol. The van der Waals surface area contributed by atoms with E-state index in [-0.39, 0.29) is 0 Å². The van der Waals surface area contributed by atoms with Crippen molar-refractivity contribution in [3.63, 3.8) is 0 Å². The van der Waals surface area contributed by atoms with Crippen LogP contribution in [0.2, 0.25) is 0 Å². The Kier molecular flexibility index (Phi) is 10.3. The predicted octanol–water partition coefficient (Wildman–Crippen LogP) is 3.09. The lowest BCUT2D eigenvalue weighted by atomic mass is 10.1. The molecular formula is C13H29NOS. The SMILES string of the molecule is CCCCCCCC(C)NC(C)CS(C)=O. The van der Waals surface area contributed by atoms with Gasteiger partial charge in [0.15, 0.2) is 0 Å². The Labute approximate surface area is 104 Å². The van der Waals surface area contributed by atoms with Gasteiger partial charge in [0.05, 0.1) is 0 Å². The summed E-state index contributed by atoms with van der Waals surface area (Å²) in [5, 5.41) is 3.51. The molecule has 0 aromatic carbocycles. The smallest absolute Gasteiger partial charge is 0.0383 e. The molecule has 3 unspecified atom stereocenters. The minimum atomic E-state index is -0.685. The van der Waals surface area contributed by atoms with Gasteiger partial charge in [-0.1, -0.05) is 39.0 Å². The Morgan fingerprint density at radius 1 is 1.06 bits per heavy atom. The van der Waals surface area contributed by atoms with Gasteiger partial charge in [-0.3, -0.25) is 4.21 Å². The van der Waals surface area contributed by atoms with E-state index < -0.39 is 10.8 Å². The Morgan fingerprint density at radius 3 is 2.25 bits per heavy atom. The molecule has 0 radical (unpaired) electrons. The molecule has 1 N–H and O–H groups in total. The van der Waals surface area contributed by atoms with Crippen molar-refractivity contribution < 1.29 is 4.21 Å². The van der Waals surface area contributed by atoms with E-state index in [2.05, 4.69) is 26.1 Å². The molecule has 0 saturated carbocycles. The first-order chi connectivity index (χ1) is 7.56. The molecule has 2 nitrogen and oxygen atoms in total. The highest BCUT2D eigenvalue weighted by Gasteiger charge is 2.08. The molecule has 0 aliphatic heterocycles. The Morgan fingerprint density at radius 2 is 1.69 bits per heavy atom. The van der Waals surface area contributed by atoms with Gasteiger partial charge in [-0.25, -0.2) is 0 Å². The molecule has 0 saturated heterocycles.